The van der Waals surface area contributed by atoms with Gasteiger partial charge in [0.1, 0.15) is 23.0 Å². The van der Waals surface area contributed by atoms with Crippen LogP contribution in [0.25, 0.3) is 0 Å². The number of fused-ring (bicyclic) bond motifs is 8. The van der Waals surface area contributed by atoms with Gasteiger partial charge in [0.15, 0.2) is 23.1 Å². The Bertz CT molecular complexity index is 2010. The van der Waals surface area contributed by atoms with E-state index in [0.717, 1.165) is 24.0 Å². The van der Waals surface area contributed by atoms with Crippen LogP contribution in [-0.2, 0) is 12.8 Å². The molecule has 0 heterocycles. The molecule has 50 heavy (non-hydrogen) atoms. The third-order valence-electron chi connectivity index (χ3n) is 10.3. The summed E-state index contributed by atoms with van der Waals surface area (Å²) in [5, 5.41) is 41.5. The Hall–Kier alpha value is -5.32. The number of rotatable bonds is 2. The standard InChI is InChI=1S/2C20H18O5/c2*1-9-7-10-3-4-11-16(15(10)13(22)8-9)20(24)17-12(21)5-6-14(25-2)18(17)19(11)23/h2*3-6,9,13,21-22H,7-8H2,1-2H3/t2*9-,13-/m10/s1. The number of hydrogen-bond donors (Lipinski definition) is 4. The maximum atomic E-state index is 13.2. The van der Waals surface area contributed by atoms with E-state index in [9.17, 15) is 39.6 Å². The minimum Gasteiger partial charge on any atom is -0.507 e. The van der Waals surface area contributed by atoms with Crippen LogP contribution in [0.4, 0.5) is 0 Å². The van der Waals surface area contributed by atoms with Gasteiger partial charge in [-0.1, -0.05) is 26.0 Å². The molecule has 10 nitrogen and oxygen atoms in total. The van der Waals surface area contributed by atoms with Gasteiger partial charge in [0.2, 0.25) is 0 Å². The molecule has 0 aliphatic heterocycles. The number of hydrogen-bond acceptors (Lipinski definition) is 10. The van der Waals surface area contributed by atoms with Gasteiger partial charge in [-0.2, -0.15) is 0 Å². The maximum Gasteiger partial charge on any atom is 0.198 e. The summed E-state index contributed by atoms with van der Waals surface area (Å²) in [6, 6.07) is 12.6. The molecule has 0 saturated heterocycles. The van der Waals surface area contributed by atoms with Gasteiger partial charge in [-0.15, -0.1) is 0 Å². The highest BCUT2D eigenvalue weighted by Gasteiger charge is 2.41. The lowest BCUT2D eigenvalue weighted by molar-refractivity contribution is 0.0961. The van der Waals surface area contributed by atoms with Crippen LogP contribution in [0.3, 0.4) is 0 Å². The Labute approximate surface area is 287 Å². The number of aliphatic hydroxyl groups excluding tert-OH is 2. The smallest absolute Gasteiger partial charge is 0.198 e. The summed E-state index contributed by atoms with van der Waals surface area (Å²) in [6.45, 7) is 4.09. The number of carbonyl (C=O) groups excluding carboxylic acids is 4. The second kappa shape index (κ2) is 12.2. The van der Waals surface area contributed by atoms with Gasteiger partial charge in [0.25, 0.3) is 0 Å². The van der Waals surface area contributed by atoms with E-state index in [1.807, 2.05) is 26.0 Å². The summed E-state index contributed by atoms with van der Waals surface area (Å²) in [7, 11) is 2.83. The second-order valence-corrected chi connectivity index (χ2v) is 13.6. The van der Waals surface area contributed by atoms with E-state index in [0.29, 0.717) is 35.8 Å². The molecule has 4 atom stereocenters. The van der Waals surface area contributed by atoms with E-state index in [-0.39, 0.29) is 79.1 Å². The molecular formula is C40H36O10. The zero-order valence-electron chi connectivity index (χ0n) is 28.0. The topological polar surface area (TPSA) is 168 Å². The molecule has 0 aromatic heterocycles. The van der Waals surface area contributed by atoms with Crippen LogP contribution in [0.15, 0.2) is 48.5 Å². The third-order valence-corrected chi connectivity index (χ3v) is 10.3. The average Bonchev–Trinajstić information content (AvgIpc) is 3.08. The fraction of sp³-hybridized carbons (Fsp3) is 0.300. The van der Waals surface area contributed by atoms with E-state index in [1.165, 1.54) is 38.5 Å². The Morgan fingerprint density at radius 3 is 1.26 bits per heavy atom. The van der Waals surface area contributed by atoms with Gasteiger partial charge in [0, 0.05) is 22.3 Å². The zero-order valence-corrected chi connectivity index (χ0v) is 28.0. The lowest BCUT2D eigenvalue weighted by Gasteiger charge is -2.31. The molecule has 0 saturated carbocycles. The quantitative estimate of drug-likeness (QED) is 0.182. The van der Waals surface area contributed by atoms with E-state index < -0.39 is 23.8 Å². The van der Waals surface area contributed by atoms with Crippen molar-refractivity contribution < 1.29 is 49.1 Å². The Morgan fingerprint density at radius 1 is 0.520 bits per heavy atom. The second-order valence-electron chi connectivity index (χ2n) is 13.6. The molecule has 4 aromatic rings. The third kappa shape index (κ3) is 4.93. The lowest BCUT2D eigenvalue weighted by atomic mass is 9.74. The van der Waals surface area contributed by atoms with Crippen molar-refractivity contribution in [1.82, 2.24) is 0 Å². The van der Waals surface area contributed by atoms with Gasteiger partial charge < -0.3 is 29.9 Å². The van der Waals surface area contributed by atoms with Crippen LogP contribution in [-0.4, -0.2) is 57.8 Å². The number of ether oxygens (including phenoxy) is 2. The summed E-state index contributed by atoms with van der Waals surface area (Å²) in [5.74, 6) is -1.01. The first-order valence-electron chi connectivity index (χ1n) is 16.5. The fourth-order valence-corrected chi connectivity index (χ4v) is 8.14. The molecule has 256 valence electrons. The molecular weight excluding hydrogens is 640 g/mol. The molecule has 0 amide bonds. The van der Waals surface area contributed by atoms with E-state index >= 15 is 0 Å². The lowest BCUT2D eigenvalue weighted by Crippen LogP contribution is -2.27. The Balaban J connectivity index is 0.000000157. The SMILES string of the molecule is COc1ccc(O)c2c1C(=O)c1ccc3c(c1C2=O)[C@@H](O)C[C@@H](C)C3.COc1ccc(O)c2c1C(=O)c1ccc3c(c1C2=O)[C@H](O)C[C@H](C)C3. The van der Waals surface area contributed by atoms with Gasteiger partial charge in [0.05, 0.1) is 48.7 Å². The number of benzene rings is 4. The van der Waals surface area contributed by atoms with Crippen LogP contribution < -0.4 is 9.47 Å². The van der Waals surface area contributed by atoms with Crippen molar-refractivity contribution in [3.8, 4) is 23.0 Å². The molecule has 0 spiro atoms. The average molecular weight is 677 g/mol. The van der Waals surface area contributed by atoms with Crippen LogP contribution in [0.2, 0.25) is 0 Å². The number of phenols is 2. The molecule has 4 aromatic carbocycles. The van der Waals surface area contributed by atoms with Crippen molar-refractivity contribution in [1.29, 1.82) is 0 Å². The van der Waals surface area contributed by atoms with Crippen LogP contribution in [0.1, 0.15) is 125 Å². The first kappa shape index (κ1) is 33.2. The van der Waals surface area contributed by atoms with Gasteiger partial charge in [-0.05, 0) is 96.2 Å². The summed E-state index contributed by atoms with van der Waals surface area (Å²) in [6.07, 6.45) is 0.999. The number of methoxy groups -OCH3 is 2. The van der Waals surface area contributed by atoms with Crippen molar-refractivity contribution in [2.24, 2.45) is 11.8 Å². The molecule has 8 rings (SSSR count). The first-order chi connectivity index (χ1) is 23.9. The summed E-state index contributed by atoms with van der Waals surface area (Å²) in [5.41, 5.74) is 3.86. The van der Waals surface area contributed by atoms with Crippen molar-refractivity contribution in [2.75, 3.05) is 14.2 Å². The summed E-state index contributed by atoms with van der Waals surface area (Å²) < 4.78 is 10.4. The van der Waals surface area contributed by atoms with Crippen LogP contribution in [0, 0.1) is 11.8 Å². The normalized spacial score (nSPS) is 21.4. The van der Waals surface area contributed by atoms with Crippen LogP contribution >= 0.6 is 0 Å². The van der Waals surface area contributed by atoms with Gasteiger partial charge in [-0.25, -0.2) is 0 Å². The predicted molar refractivity (Wildman–Crippen MR) is 181 cm³/mol. The highest BCUT2D eigenvalue weighted by Crippen LogP contribution is 2.45. The summed E-state index contributed by atoms with van der Waals surface area (Å²) >= 11 is 0. The minimum atomic E-state index is -0.792. The minimum absolute atomic E-state index is 0.0453. The van der Waals surface area contributed by atoms with Crippen molar-refractivity contribution in [3.63, 3.8) is 0 Å². The van der Waals surface area contributed by atoms with Gasteiger partial charge >= 0.3 is 0 Å². The maximum absolute atomic E-state index is 13.2. The molecule has 0 fully saturated rings. The largest absolute Gasteiger partial charge is 0.507 e. The fourth-order valence-electron chi connectivity index (χ4n) is 8.14. The number of ketones is 4. The highest BCUT2D eigenvalue weighted by atomic mass is 16.5. The van der Waals surface area contributed by atoms with E-state index in [2.05, 4.69) is 0 Å². The Morgan fingerprint density at radius 2 is 0.900 bits per heavy atom. The van der Waals surface area contributed by atoms with Gasteiger partial charge in [-0.3, -0.25) is 19.2 Å². The van der Waals surface area contributed by atoms with Crippen molar-refractivity contribution in [3.05, 3.63) is 115 Å². The molecule has 0 radical (unpaired) electrons. The van der Waals surface area contributed by atoms with Crippen molar-refractivity contribution in [2.45, 2.75) is 51.7 Å². The van der Waals surface area contributed by atoms with Crippen molar-refractivity contribution >= 4 is 23.1 Å². The molecule has 4 aliphatic carbocycles. The summed E-state index contributed by atoms with van der Waals surface area (Å²) in [4.78, 5) is 52.4. The number of phenolic OH excluding ortho intramolecular Hbond substituents is 2. The molecule has 0 bridgehead atoms. The van der Waals surface area contributed by atoms with E-state index in [1.54, 1.807) is 12.1 Å². The Kier molecular flexibility index (Phi) is 8.11. The highest BCUT2D eigenvalue weighted by molar-refractivity contribution is 6.31. The molecule has 10 heteroatoms. The first-order valence-corrected chi connectivity index (χ1v) is 16.5. The molecule has 4 N–H and O–H groups in total. The predicted octanol–water partition coefficient (Wildman–Crippen LogP) is 5.58. The molecule has 4 aliphatic rings. The van der Waals surface area contributed by atoms with E-state index in [4.69, 9.17) is 9.47 Å². The van der Waals surface area contributed by atoms with Crippen LogP contribution in [0.5, 0.6) is 23.0 Å². The monoisotopic (exact) mass is 676 g/mol. The number of aliphatic hydroxyl groups is 2. The molecule has 0 unspecified atom stereocenters. The number of aromatic hydroxyl groups is 2. The zero-order chi connectivity index (χ0) is 35.8. The number of carbonyl (C=O) groups is 4.